The number of thioether (sulfide) groups is 1. The topological polar surface area (TPSA) is 75.8 Å². The Morgan fingerprint density at radius 1 is 1.31 bits per heavy atom. The number of rotatable bonds is 3. The summed E-state index contributed by atoms with van der Waals surface area (Å²) in [7, 11) is 0. The fourth-order valence-electron chi connectivity index (χ4n) is 2.64. The second kappa shape index (κ2) is 7.88. The first-order chi connectivity index (χ1) is 12.5. The minimum absolute atomic E-state index is 0.000438. The molecule has 8 heteroatoms. The molecule has 0 aliphatic carbocycles. The second-order valence-electron chi connectivity index (χ2n) is 5.76. The standard InChI is InChI=1S/C18H16ClN3O3S/c1-12-11-13(7-8-16(12)22(24)25)17(23)21-9-4-10-26-18(21)20-15-6-3-2-5-14(15)19/h2-3,5-8,11H,4,9-10H2,1H3. The van der Waals surface area contributed by atoms with Crippen LogP contribution in [0, 0.1) is 17.0 Å². The van der Waals surface area contributed by atoms with E-state index in [4.69, 9.17) is 11.6 Å². The predicted molar refractivity (Wildman–Crippen MR) is 104 cm³/mol. The number of aliphatic imine (C=N–C) groups is 1. The van der Waals surface area contributed by atoms with Crippen LogP contribution in [0.25, 0.3) is 0 Å². The van der Waals surface area contributed by atoms with Crippen LogP contribution in [0.2, 0.25) is 5.02 Å². The van der Waals surface area contributed by atoms with E-state index in [-0.39, 0.29) is 11.6 Å². The first-order valence-corrected chi connectivity index (χ1v) is 9.36. The van der Waals surface area contributed by atoms with Crippen LogP contribution >= 0.6 is 23.4 Å². The Hall–Kier alpha value is -2.38. The lowest BCUT2D eigenvalue weighted by Gasteiger charge is -2.28. The van der Waals surface area contributed by atoms with Crippen LogP contribution < -0.4 is 0 Å². The largest absolute Gasteiger partial charge is 0.287 e. The summed E-state index contributed by atoms with van der Waals surface area (Å²) in [5, 5.41) is 12.1. The van der Waals surface area contributed by atoms with Gasteiger partial charge in [0.05, 0.1) is 15.6 Å². The number of benzene rings is 2. The summed E-state index contributed by atoms with van der Waals surface area (Å²) in [5.74, 6) is 0.646. The molecule has 2 aromatic carbocycles. The molecular formula is C18H16ClN3O3S. The molecule has 1 aliphatic heterocycles. The number of hydrogen-bond donors (Lipinski definition) is 0. The highest BCUT2D eigenvalue weighted by Gasteiger charge is 2.26. The Kier molecular flexibility index (Phi) is 5.58. The molecule has 0 aromatic heterocycles. The van der Waals surface area contributed by atoms with Gasteiger partial charge >= 0.3 is 0 Å². The average molecular weight is 390 g/mol. The van der Waals surface area contributed by atoms with Gasteiger partial charge in [-0.2, -0.15) is 0 Å². The number of halogens is 1. The van der Waals surface area contributed by atoms with Crippen LogP contribution in [0.1, 0.15) is 22.3 Å². The van der Waals surface area contributed by atoms with Crippen molar-refractivity contribution in [3.05, 3.63) is 68.7 Å². The van der Waals surface area contributed by atoms with Gasteiger partial charge in [-0.05, 0) is 37.6 Å². The summed E-state index contributed by atoms with van der Waals surface area (Å²) in [6.07, 6.45) is 0.851. The number of amides is 1. The van der Waals surface area contributed by atoms with Gasteiger partial charge in [-0.1, -0.05) is 35.5 Å². The summed E-state index contributed by atoms with van der Waals surface area (Å²) in [5.41, 5.74) is 1.47. The van der Waals surface area contributed by atoms with E-state index < -0.39 is 4.92 Å². The third-order valence-electron chi connectivity index (χ3n) is 3.94. The van der Waals surface area contributed by atoms with Gasteiger partial charge in [0, 0.05) is 29.5 Å². The zero-order chi connectivity index (χ0) is 18.7. The number of carbonyl (C=O) groups is 1. The monoisotopic (exact) mass is 389 g/mol. The van der Waals surface area contributed by atoms with Crippen molar-refractivity contribution < 1.29 is 9.72 Å². The molecule has 0 bridgehead atoms. The van der Waals surface area contributed by atoms with E-state index in [0.717, 1.165) is 12.2 Å². The molecule has 0 atom stereocenters. The lowest BCUT2D eigenvalue weighted by molar-refractivity contribution is -0.385. The fraction of sp³-hybridized carbons (Fsp3) is 0.222. The van der Waals surface area contributed by atoms with Gasteiger partial charge in [0.15, 0.2) is 5.17 Å². The van der Waals surface area contributed by atoms with E-state index in [2.05, 4.69) is 4.99 Å². The normalized spacial score (nSPS) is 15.9. The number of nitro benzene ring substituents is 1. The Morgan fingerprint density at radius 3 is 2.77 bits per heavy atom. The molecule has 0 spiro atoms. The molecule has 0 unspecified atom stereocenters. The highest BCUT2D eigenvalue weighted by Crippen LogP contribution is 2.29. The van der Waals surface area contributed by atoms with Crippen molar-refractivity contribution in [2.45, 2.75) is 13.3 Å². The molecule has 1 aliphatic rings. The maximum absolute atomic E-state index is 12.9. The molecule has 1 amide bonds. The number of aryl methyl sites for hydroxylation is 1. The van der Waals surface area contributed by atoms with Crippen LogP contribution in [0.15, 0.2) is 47.5 Å². The van der Waals surface area contributed by atoms with Crippen LogP contribution in [0.4, 0.5) is 11.4 Å². The van der Waals surface area contributed by atoms with Gasteiger partial charge in [0.2, 0.25) is 0 Å². The molecular weight excluding hydrogens is 374 g/mol. The summed E-state index contributed by atoms with van der Waals surface area (Å²) in [4.78, 5) is 29.6. The molecule has 1 fully saturated rings. The molecule has 6 nitrogen and oxygen atoms in total. The quantitative estimate of drug-likeness (QED) is 0.556. The Balaban J connectivity index is 1.93. The Labute approximate surface area is 160 Å². The number of nitrogens with zero attached hydrogens (tertiary/aromatic N) is 3. The zero-order valence-electron chi connectivity index (χ0n) is 14.0. The first-order valence-electron chi connectivity index (χ1n) is 8.00. The van der Waals surface area contributed by atoms with Crippen molar-refractivity contribution >= 4 is 45.8 Å². The number of hydrogen-bond acceptors (Lipinski definition) is 5. The molecule has 0 saturated carbocycles. The lowest BCUT2D eigenvalue weighted by atomic mass is 10.1. The number of nitro groups is 1. The molecule has 1 saturated heterocycles. The van der Waals surface area contributed by atoms with Crippen LogP contribution in [0.5, 0.6) is 0 Å². The van der Waals surface area contributed by atoms with Gasteiger partial charge in [-0.15, -0.1) is 0 Å². The van der Waals surface area contributed by atoms with Crippen molar-refractivity contribution in [1.82, 2.24) is 4.90 Å². The number of amidine groups is 1. The van der Waals surface area contributed by atoms with Crippen LogP contribution in [-0.2, 0) is 0 Å². The average Bonchev–Trinajstić information content (AvgIpc) is 2.63. The molecule has 26 heavy (non-hydrogen) atoms. The van der Waals surface area contributed by atoms with Crippen LogP contribution in [-0.4, -0.2) is 33.2 Å². The minimum Gasteiger partial charge on any atom is -0.287 e. The molecule has 3 rings (SSSR count). The molecule has 0 N–H and O–H groups in total. The Morgan fingerprint density at radius 2 is 2.08 bits per heavy atom. The van der Waals surface area contributed by atoms with E-state index in [1.54, 1.807) is 30.0 Å². The molecule has 2 aromatic rings. The van der Waals surface area contributed by atoms with Crippen molar-refractivity contribution in [2.24, 2.45) is 4.99 Å². The molecule has 1 heterocycles. The highest BCUT2D eigenvalue weighted by molar-refractivity contribution is 8.13. The number of para-hydroxylation sites is 1. The van der Waals surface area contributed by atoms with E-state index in [9.17, 15) is 14.9 Å². The van der Waals surface area contributed by atoms with Crippen molar-refractivity contribution in [2.75, 3.05) is 12.3 Å². The summed E-state index contributed by atoms with van der Waals surface area (Å²) in [6, 6.07) is 11.6. The fourth-order valence-corrected chi connectivity index (χ4v) is 3.76. The van der Waals surface area contributed by atoms with Crippen molar-refractivity contribution in [3.8, 4) is 0 Å². The first kappa shape index (κ1) is 18.4. The summed E-state index contributed by atoms with van der Waals surface area (Å²) >= 11 is 7.67. The SMILES string of the molecule is Cc1cc(C(=O)N2CCCSC2=Nc2ccccc2Cl)ccc1[N+](=O)[O-]. The smallest absolute Gasteiger partial charge is 0.272 e. The Bertz CT molecular complexity index is 901. The third-order valence-corrected chi connectivity index (χ3v) is 5.32. The maximum atomic E-state index is 12.9. The molecule has 0 radical (unpaired) electrons. The van der Waals surface area contributed by atoms with Crippen molar-refractivity contribution in [1.29, 1.82) is 0 Å². The van der Waals surface area contributed by atoms with E-state index in [0.29, 0.717) is 33.5 Å². The van der Waals surface area contributed by atoms with Gasteiger partial charge in [-0.25, -0.2) is 4.99 Å². The zero-order valence-corrected chi connectivity index (χ0v) is 15.6. The summed E-state index contributed by atoms with van der Waals surface area (Å²) < 4.78 is 0. The lowest BCUT2D eigenvalue weighted by Crippen LogP contribution is -2.39. The van der Waals surface area contributed by atoms with E-state index in [1.807, 2.05) is 12.1 Å². The van der Waals surface area contributed by atoms with Gasteiger partial charge in [-0.3, -0.25) is 19.8 Å². The van der Waals surface area contributed by atoms with Gasteiger partial charge in [0.1, 0.15) is 0 Å². The third kappa shape index (κ3) is 3.89. The minimum atomic E-state index is -0.454. The van der Waals surface area contributed by atoms with Gasteiger partial charge < -0.3 is 0 Å². The second-order valence-corrected chi connectivity index (χ2v) is 7.23. The summed E-state index contributed by atoms with van der Waals surface area (Å²) in [6.45, 7) is 2.17. The van der Waals surface area contributed by atoms with E-state index >= 15 is 0 Å². The predicted octanol–water partition coefficient (Wildman–Crippen LogP) is 4.82. The maximum Gasteiger partial charge on any atom is 0.272 e. The number of carbonyl (C=O) groups excluding carboxylic acids is 1. The molecule has 134 valence electrons. The van der Waals surface area contributed by atoms with Gasteiger partial charge in [0.25, 0.3) is 11.6 Å². The van der Waals surface area contributed by atoms with Crippen LogP contribution in [0.3, 0.4) is 0 Å². The van der Waals surface area contributed by atoms with E-state index in [1.165, 1.54) is 23.9 Å². The highest BCUT2D eigenvalue weighted by atomic mass is 35.5. The van der Waals surface area contributed by atoms with Crippen molar-refractivity contribution in [3.63, 3.8) is 0 Å².